The van der Waals surface area contributed by atoms with Crippen LogP contribution in [0.5, 0.6) is 0 Å². The van der Waals surface area contributed by atoms with Gasteiger partial charge in [-0.3, -0.25) is 9.78 Å². The number of pyridine rings is 1. The van der Waals surface area contributed by atoms with Gasteiger partial charge in [0.25, 0.3) is 5.91 Å². The third-order valence-electron chi connectivity index (χ3n) is 2.58. The van der Waals surface area contributed by atoms with Crippen LogP contribution in [0.4, 0.5) is 5.69 Å². The molecule has 0 bridgehead atoms. The van der Waals surface area contributed by atoms with E-state index in [9.17, 15) is 4.79 Å². The van der Waals surface area contributed by atoms with Crippen LogP contribution < -0.4 is 5.32 Å². The van der Waals surface area contributed by atoms with E-state index in [0.717, 1.165) is 5.69 Å². The molecule has 97 valence electrons. The highest BCUT2D eigenvalue weighted by atomic mass is 32.1. The number of carbonyl (C=O) groups is 1. The van der Waals surface area contributed by atoms with Gasteiger partial charge in [0.2, 0.25) is 0 Å². The second kappa shape index (κ2) is 5.63. The number of nitrogens with one attached hydrogen (secondary N) is 1. The summed E-state index contributed by atoms with van der Waals surface area (Å²) < 4.78 is 0. The van der Waals surface area contributed by atoms with Crippen molar-refractivity contribution >= 4 is 22.9 Å². The quantitative estimate of drug-likeness (QED) is 0.801. The Balaban J connectivity index is 1.79. The Labute approximate surface area is 120 Å². The zero-order chi connectivity index (χ0) is 13.8. The van der Waals surface area contributed by atoms with Crippen molar-refractivity contribution in [3.8, 4) is 11.4 Å². The van der Waals surface area contributed by atoms with Gasteiger partial charge >= 0.3 is 0 Å². The highest BCUT2D eigenvalue weighted by Gasteiger charge is 2.12. The highest BCUT2D eigenvalue weighted by Crippen LogP contribution is 2.20. The minimum absolute atomic E-state index is 0.236. The van der Waals surface area contributed by atoms with E-state index >= 15 is 0 Å². The summed E-state index contributed by atoms with van der Waals surface area (Å²) in [7, 11) is 0. The van der Waals surface area contributed by atoms with E-state index in [1.54, 1.807) is 18.3 Å². The first-order valence-electron chi connectivity index (χ1n) is 5.98. The van der Waals surface area contributed by atoms with Crippen molar-refractivity contribution in [2.24, 2.45) is 0 Å². The van der Waals surface area contributed by atoms with Crippen LogP contribution in [0, 0.1) is 6.07 Å². The molecule has 2 heterocycles. The van der Waals surface area contributed by atoms with Crippen LogP contribution in [0.15, 0.2) is 54.0 Å². The highest BCUT2D eigenvalue weighted by molar-refractivity contribution is 7.12. The number of anilines is 1. The molecule has 0 spiro atoms. The van der Waals surface area contributed by atoms with E-state index in [2.05, 4.69) is 21.4 Å². The Hall–Kier alpha value is -2.53. The van der Waals surface area contributed by atoms with Crippen molar-refractivity contribution in [2.45, 2.75) is 0 Å². The molecular formula is C15H10N3OS. The summed E-state index contributed by atoms with van der Waals surface area (Å²) in [5, 5.41) is 4.99. The third kappa shape index (κ3) is 2.73. The number of thiazole rings is 1. The van der Waals surface area contributed by atoms with Crippen molar-refractivity contribution in [1.82, 2.24) is 9.97 Å². The third-order valence-corrected chi connectivity index (χ3v) is 3.42. The molecule has 0 atom stereocenters. The molecule has 0 unspecified atom stereocenters. The fraction of sp³-hybridized carbons (Fsp3) is 0. The number of aromatic nitrogens is 2. The fourth-order valence-electron chi connectivity index (χ4n) is 1.66. The number of benzene rings is 1. The fourth-order valence-corrected chi connectivity index (χ4v) is 2.36. The van der Waals surface area contributed by atoms with Gasteiger partial charge in [-0.25, -0.2) is 4.98 Å². The number of amides is 1. The maximum absolute atomic E-state index is 12.1. The van der Waals surface area contributed by atoms with Gasteiger partial charge in [0.05, 0.1) is 5.69 Å². The Kier molecular flexibility index (Phi) is 3.52. The first-order valence-corrected chi connectivity index (χ1v) is 6.86. The first kappa shape index (κ1) is 12.5. The summed E-state index contributed by atoms with van der Waals surface area (Å²) in [5.41, 5.74) is 2.10. The molecule has 1 N–H and O–H groups in total. The summed E-state index contributed by atoms with van der Waals surface area (Å²) >= 11 is 1.29. The van der Waals surface area contributed by atoms with E-state index in [0.29, 0.717) is 16.4 Å². The van der Waals surface area contributed by atoms with Crippen LogP contribution in [-0.2, 0) is 0 Å². The topological polar surface area (TPSA) is 54.9 Å². The van der Waals surface area contributed by atoms with Gasteiger partial charge in [-0.15, -0.1) is 11.3 Å². The zero-order valence-electron chi connectivity index (χ0n) is 10.4. The summed E-state index contributed by atoms with van der Waals surface area (Å²) in [6, 6.07) is 15.7. The van der Waals surface area contributed by atoms with E-state index in [1.165, 1.54) is 11.3 Å². The average molecular weight is 280 g/mol. The molecule has 1 amide bonds. The molecule has 20 heavy (non-hydrogen) atoms. The Morgan fingerprint density at radius 1 is 1.15 bits per heavy atom. The Bertz CT molecular complexity index is 710. The Morgan fingerprint density at radius 2 is 2.05 bits per heavy atom. The van der Waals surface area contributed by atoms with Crippen LogP contribution in [0.3, 0.4) is 0 Å². The van der Waals surface area contributed by atoms with Gasteiger partial charge in [0, 0.05) is 23.3 Å². The summed E-state index contributed by atoms with van der Waals surface area (Å²) in [6.45, 7) is 0. The number of rotatable bonds is 3. The standard InChI is InChI=1S/C15H10N3OS/c19-14(17-11-6-2-1-3-7-11)15-18-13(10-20-15)12-8-4-5-9-16-12/h1-6,8-10H,(H,17,19). The number of hydrogen-bond donors (Lipinski definition) is 1. The van der Waals surface area contributed by atoms with E-state index in [1.807, 2.05) is 35.7 Å². The van der Waals surface area contributed by atoms with Crippen molar-refractivity contribution in [1.29, 1.82) is 0 Å². The van der Waals surface area contributed by atoms with Crippen LogP contribution >= 0.6 is 11.3 Å². The molecule has 3 aromatic rings. The maximum Gasteiger partial charge on any atom is 0.284 e. The van der Waals surface area contributed by atoms with Crippen LogP contribution in [-0.4, -0.2) is 15.9 Å². The zero-order valence-corrected chi connectivity index (χ0v) is 11.2. The molecule has 0 saturated carbocycles. The lowest BCUT2D eigenvalue weighted by Crippen LogP contribution is -2.11. The number of nitrogens with zero attached hydrogens (tertiary/aromatic N) is 2. The summed E-state index contributed by atoms with van der Waals surface area (Å²) in [4.78, 5) is 20.6. The molecule has 5 heteroatoms. The van der Waals surface area contributed by atoms with Crippen molar-refractivity contribution in [2.75, 3.05) is 5.32 Å². The van der Waals surface area contributed by atoms with Crippen molar-refractivity contribution in [3.63, 3.8) is 0 Å². The van der Waals surface area contributed by atoms with Gasteiger partial charge < -0.3 is 5.32 Å². The lowest BCUT2D eigenvalue weighted by Gasteiger charge is -2.01. The van der Waals surface area contributed by atoms with E-state index in [4.69, 9.17) is 0 Å². The normalized spacial score (nSPS) is 10.2. The molecule has 0 aliphatic carbocycles. The average Bonchev–Trinajstić information content (AvgIpc) is 2.99. The minimum Gasteiger partial charge on any atom is -0.319 e. The predicted molar refractivity (Wildman–Crippen MR) is 78.6 cm³/mol. The lowest BCUT2D eigenvalue weighted by atomic mass is 10.3. The maximum atomic E-state index is 12.1. The number of para-hydroxylation sites is 1. The second-order valence-electron chi connectivity index (χ2n) is 3.98. The molecule has 0 saturated heterocycles. The molecule has 2 aromatic heterocycles. The Morgan fingerprint density at radius 3 is 2.80 bits per heavy atom. The van der Waals surface area contributed by atoms with Crippen LogP contribution in [0.1, 0.15) is 9.80 Å². The molecule has 0 aliphatic heterocycles. The SMILES string of the molecule is O=C(Nc1[c]cccc1)c1nc(-c2ccccn2)cs1. The molecule has 3 rings (SSSR count). The van der Waals surface area contributed by atoms with Gasteiger partial charge in [-0.2, -0.15) is 0 Å². The minimum atomic E-state index is -0.236. The molecule has 4 nitrogen and oxygen atoms in total. The van der Waals surface area contributed by atoms with E-state index in [-0.39, 0.29) is 5.91 Å². The lowest BCUT2D eigenvalue weighted by molar-refractivity contribution is 0.102. The molecule has 0 aliphatic rings. The van der Waals surface area contributed by atoms with Gasteiger partial charge in [-0.05, 0) is 18.2 Å². The van der Waals surface area contributed by atoms with Crippen molar-refractivity contribution in [3.05, 3.63) is 65.1 Å². The molecule has 0 fully saturated rings. The second-order valence-corrected chi connectivity index (χ2v) is 4.84. The summed E-state index contributed by atoms with van der Waals surface area (Å²) in [5.74, 6) is -0.236. The number of hydrogen-bond acceptors (Lipinski definition) is 4. The smallest absolute Gasteiger partial charge is 0.284 e. The van der Waals surface area contributed by atoms with Crippen LogP contribution in [0.2, 0.25) is 0 Å². The van der Waals surface area contributed by atoms with Gasteiger partial charge in [0.1, 0.15) is 5.69 Å². The summed E-state index contributed by atoms with van der Waals surface area (Å²) in [6.07, 6.45) is 1.70. The first-order chi connectivity index (χ1) is 9.83. The van der Waals surface area contributed by atoms with Gasteiger partial charge in [0.15, 0.2) is 5.01 Å². The molecule has 1 aromatic carbocycles. The number of carbonyl (C=O) groups excluding carboxylic acids is 1. The molecular weight excluding hydrogens is 270 g/mol. The monoisotopic (exact) mass is 280 g/mol. The van der Waals surface area contributed by atoms with Gasteiger partial charge in [-0.1, -0.05) is 24.3 Å². The van der Waals surface area contributed by atoms with Crippen molar-refractivity contribution < 1.29 is 4.79 Å². The van der Waals surface area contributed by atoms with Crippen LogP contribution in [0.25, 0.3) is 11.4 Å². The largest absolute Gasteiger partial charge is 0.319 e. The molecule has 1 radical (unpaired) electrons. The predicted octanol–water partition coefficient (Wildman–Crippen LogP) is 3.26. The van der Waals surface area contributed by atoms with E-state index < -0.39 is 0 Å².